The number of likely N-dealkylation sites (tertiary alicyclic amines) is 1. The first-order valence-electron chi connectivity index (χ1n) is 10.2. The molecule has 2 aliphatic rings. The molecule has 2 fully saturated rings. The summed E-state index contributed by atoms with van der Waals surface area (Å²) in [4.78, 5) is 17.2. The summed E-state index contributed by atoms with van der Waals surface area (Å²) in [5.41, 5.74) is 2.01. The van der Waals surface area contributed by atoms with Crippen LogP contribution in [0.15, 0.2) is 24.3 Å². The number of carbonyl (C=O) groups is 1. The second-order valence-electron chi connectivity index (χ2n) is 7.45. The van der Waals surface area contributed by atoms with E-state index in [1.807, 2.05) is 12.1 Å². The van der Waals surface area contributed by atoms with Crippen LogP contribution in [0.4, 0.5) is 0 Å². The minimum atomic E-state index is 0.0405. The van der Waals surface area contributed by atoms with Gasteiger partial charge in [0, 0.05) is 31.7 Å². The highest BCUT2D eigenvalue weighted by Gasteiger charge is 2.12. The van der Waals surface area contributed by atoms with Crippen LogP contribution in [0, 0.1) is 0 Å². The second-order valence-corrected chi connectivity index (χ2v) is 7.45. The van der Waals surface area contributed by atoms with E-state index < -0.39 is 0 Å². The molecule has 1 aromatic rings. The Balaban J connectivity index is 1.36. The number of morpholine rings is 1. The van der Waals surface area contributed by atoms with Gasteiger partial charge in [-0.15, -0.1) is 0 Å². The zero-order valence-corrected chi connectivity index (χ0v) is 15.9. The van der Waals surface area contributed by atoms with Crippen LogP contribution in [0.2, 0.25) is 0 Å². The highest BCUT2D eigenvalue weighted by Crippen LogP contribution is 2.11. The fourth-order valence-corrected chi connectivity index (χ4v) is 3.75. The Hall–Kier alpha value is -1.43. The van der Waals surface area contributed by atoms with Crippen molar-refractivity contribution in [2.24, 2.45) is 0 Å². The van der Waals surface area contributed by atoms with Crippen molar-refractivity contribution in [1.29, 1.82) is 0 Å². The van der Waals surface area contributed by atoms with E-state index in [-0.39, 0.29) is 5.91 Å². The van der Waals surface area contributed by atoms with E-state index in [4.69, 9.17) is 4.74 Å². The van der Waals surface area contributed by atoms with Crippen LogP contribution in [0.25, 0.3) is 0 Å². The smallest absolute Gasteiger partial charge is 0.251 e. The fourth-order valence-electron chi connectivity index (χ4n) is 3.75. The van der Waals surface area contributed by atoms with Gasteiger partial charge in [-0.3, -0.25) is 9.69 Å². The van der Waals surface area contributed by atoms with Crippen LogP contribution in [0.3, 0.4) is 0 Å². The summed E-state index contributed by atoms with van der Waals surface area (Å²) in [6, 6.07) is 8.03. The molecule has 26 heavy (non-hydrogen) atoms. The molecule has 2 saturated heterocycles. The highest BCUT2D eigenvalue weighted by molar-refractivity contribution is 5.94. The summed E-state index contributed by atoms with van der Waals surface area (Å²) in [5.74, 6) is 0.0405. The molecule has 0 unspecified atom stereocenters. The molecule has 3 rings (SSSR count). The van der Waals surface area contributed by atoms with Crippen molar-refractivity contribution in [1.82, 2.24) is 15.1 Å². The molecular weight excluding hydrogens is 326 g/mol. The number of carbonyl (C=O) groups excluding carboxylic acids is 1. The molecule has 5 nitrogen and oxygen atoms in total. The summed E-state index contributed by atoms with van der Waals surface area (Å²) in [6.45, 7) is 8.83. The number of ether oxygens (including phenoxy) is 1. The number of hydrogen-bond donors (Lipinski definition) is 1. The predicted octanol–water partition coefficient (Wildman–Crippen LogP) is 2.51. The lowest BCUT2D eigenvalue weighted by atomic mass is 10.1. The van der Waals surface area contributed by atoms with E-state index in [9.17, 15) is 4.79 Å². The molecule has 5 heteroatoms. The van der Waals surface area contributed by atoms with E-state index in [2.05, 4.69) is 27.2 Å². The minimum Gasteiger partial charge on any atom is -0.379 e. The van der Waals surface area contributed by atoms with Gasteiger partial charge < -0.3 is 15.0 Å². The summed E-state index contributed by atoms with van der Waals surface area (Å²) >= 11 is 0. The van der Waals surface area contributed by atoms with Gasteiger partial charge in [-0.1, -0.05) is 25.0 Å². The van der Waals surface area contributed by atoms with Gasteiger partial charge in [0.05, 0.1) is 13.2 Å². The third-order valence-corrected chi connectivity index (χ3v) is 5.36. The number of benzene rings is 1. The van der Waals surface area contributed by atoms with Crippen LogP contribution in [0.1, 0.15) is 48.0 Å². The molecule has 2 aliphatic heterocycles. The van der Waals surface area contributed by atoms with Crippen LogP contribution in [-0.2, 0) is 11.3 Å². The first kappa shape index (κ1) is 19.3. The minimum absolute atomic E-state index is 0.0405. The van der Waals surface area contributed by atoms with Crippen molar-refractivity contribution in [3.8, 4) is 0 Å². The first-order chi connectivity index (χ1) is 12.8. The molecule has 0 aliphatic carbocycles. The topological polar surface area (TPSA) is 44.8 Å². The van der Waals surface area contributed by atoms with Gasteiger partial charge in [0.2, 0.25) is 0 Å². The molecule has 2 heterocycles. The molecule has 1 amide bonds. The van der Waals surface area contributed by atoms with Crippen molar-refractivity contribution in [2.45, 2.75) is 38.6 Å². The highest BCUT2D eigenvalue weighted by atomic mass is 16.5. The normalized spacial score (nSPS) is 19.8. The lowest BCUT2D eigenvalue weighted by Gasteiger charge is -2.26. The summed E-state index contributed by atoms with van der Waals surface area (Å²) in [5, 5.41) is 3.06. The Labute approximate surface area is 157 Å². The largest absolute Gasteiger partial charge is 0.379 e. The summed E-state index contributed by atoms with van der Waals surface area (Å²) in [7, 11) is 0. The zero-order valence-electron chi connectivity index (χ0n) is 15.9. The van der Waals surface area contributed by atoms with Crippen molar-refractivity contribution < 1.29 is 9.53 Å². The summed E-state index contributed by atoms with van der Waals surface area (Å²) in [6.07, 6.45) is 6.41. The monoisotopic (exact) mass is 359 g/mol. The molecule has 1 N–H and O–H groups in total. The van der Waals surface area contributed by atoms with Gasteiger partial charge in [-0.05, 0) is 56.6 Å². The third-order valence-electron chi connectivity index (χ3n) is 5.36. The molecule has 144 valence electrons. The zero-order chi connectivity index (χ0) is 18.0. The van der Waals surface area contributed by atoms with E-state index in [1.165, 1.54) is 44.3 Å². The Bertz CT molecular complexity index is 533. The van der Waals surface area contributed by atoms with Crippen LogP contribution < -0.4 is 5.32 Å². The van der Waals surface area contributed by atoms with Gasteiger partial charge in [-0.2, -0.15) is 0 Å². The van der Waals surface area contributed by atoms with E-state index >= 15 is 0 Å². The maximum Gasteiger partial charge on any atom is 0.251 e. The first-order valence-corrected chi connectivity index (χ1v) is 10.2. The Morgan fingerprint density at radius 3 is 2.31 bits per heavy atom. The molecule has 1 aromatic carbocycles. The van der Waals surface area contributed by atoms with Crippen LogP contribution in [-0.4, -0.2) is 68.2 Å². The lowest BCUT2D eigenvalue weighted by molar-refractivity contribution is 0.0342. The average Bonchev–Trinajstić information content (AvgIpc) is 2.95. The number of amides is 1. The van der Waals surface area contributed by atoms with Crippen LogP contribution in [0.5, 0.6) is 0 Å². The molecule has 0 spiro atoms. The maximum atomic E-state index is 12.3. The quantitative estimate of drug-likeness (QED) is 0.760. The Morgan fingerprint density at radius 2 is 1.62 bits per heavy atom. The van der Waals surface area contributed by atoms with Crippen LogP contribution >= 0.6 is 0 Å². The standard InChI is InChI=1S/C21H33N3O2/c25-21(22-10-5-13-23-11-3-1-2-4-12-23)20-8-6-19(7-9-20)18-24-14-16-26-17-15-24/h6-9H,1-5,10-18H2,(H,22,25). The van der Waals surface area contributed by atoms with Gasteiger partial charge >= 0.3 is 0 Å². The lowest BCUT2D eigenvalue weighted by Crippen LogP contribution is -2.35. The number of rotatable bonds is 7. The number of hydrogen-bond acceptors (Lipinski definition) is 4. The molecule has 0 atom stereocenters. The van der Waals surface area contributed by atoms with Gasteiger partial charge in [0.15, 0.2) is 0 Å². The molecule has 0 bridgehead atoms. The van der Waals surface area contributed by atoms with E-state index in [1.54, 1.807) is 0 Å². The van der Waals surface area contributed by atoms with Gasteiger partial charge in [-0.25, -0.2) is 0 Å². The van der Waals surface area contributed by atoms with Crippen molar-refractivity contribution >= 4 is 5.91 Å². The summed E-state index contributed by atoms with van der Waals surface area (Å²) < 4.78 is 5.38. The van der Waals surface area contributed by atoms with Crippen molar-refractivity contribution in [3.63, 3.8) is 0 Å². The van der Waals surface area contributed by atoms with Gasteiger partial charge in [0.1, 0.15) is 0 Å². The Morgan fingerprint density at radius 1 is 0.923 bits per heavy atom. The Kier molecular flexibility index (Phi) is 7.92. The predicted molar refractivity (Wildman–Crippen MR) is 104 cm³/mol. The van der Waals surface area contributed by atoms with E-state index in [0.717, 1.165) is 57.9 Å². The second kappa shape index (κ2) is 10.7. The molecular formula is C21H33N3O2. The SMILES string of the molecule is O=C(NCCCN1CCCCCC1)c1ccc(CN2CCOCC2)cc1. The molecule has 0 radical (unpaired) electrons. The number of nitrogens with one attached hydrogen (secondary N) is 1. The molecule has 0 aromatic heterocycles. The average molecular weight is 360 g/mol. The van der Waals surface area contributed by atoms with Gasteiger partial charge in [0.25, 0.3) is 5.91 Å². The fraction of sp³-hybridized carbons (Fsp3) is 0.667. The molecule has 0 saturated carbocycles. The maximum absolute atomic E-state index is 12.3. The third kappa shape index (κ3) is 6.38. The van der Waals surface area contributed by atoms with Crippen molar-refractivity contribution in [3.05, 3.63) is 35.4 Å². The van der Waals surface area contributed by atoms with Crippen molar-refractivity contribution in [2.75, 3.05) is 52.5 Å². The van der Waals surface area contributed by atoms with E-state index in [0.29, 0.717) is 0 Å². The number of nitrogens with zero attached hydrogens (tertiary/aromatic N) is 2.